The quantitative estimate of drug-likeness (QED) is 0.878. The highest BCUT2D eigenvalue weighted by Crippen LogP contribution is 2.28. The zero-order valence-corrected chi connectivity index (χ0v) is 11.9. The molecule has 0 fully saturated rings. The molecule has 0 aliphatic carbocycles. The van der Waals surface area contributed by atoms with Crippen LogP contribution in [0.5, 0.6) is 0 Å². The van der Waals surface area contributed by atoms with Crippen molar-refractivity contribution in [2.45, 2.75) is 17.6 Å². The molecule has 2 rings (SSSR count). The Morgan fingerprint density at radius 1 is 1.32 bits per heavy atom. The van der Waals surface area contributed by atoms with Gasteiger partial charge in [0, 0.05) is 5.69 Å². The largest absolute Gasteiger partial charge is 0.398 e. The van der Waals surface area contributed by atoms with E-state index in [-0.39, 0.29) is 11.6 Å². The predicted molar refractivity (Wildman–Crippen MR) is 77.1 cm³/mol. The molecule has 1 unspecified atom stereocenters. The topological polar surface area (TPSA) is 43.1 Å². The monoisotopic (exact) mass is 297 g/mol. The molecular formula is C14H13ClFNOS. The summed E-state index contributed by atoms with van der Waals surface area (Å²) >= 11 is 6.01. The Bertz CT molecular complexity index is 625. The molecule has 0 aliphatic rings. The summed E-state index contributed by atoms with van der Waals surface area (Å²) in [7, 11) is -1.40. The van der Waals surface area contributed by atoms with Crippen LogP contribution in [-0.4, -0.2) is 4.21 Å². The summed E-state index contributed by atoms with van der Waals surface area (Å²) in [6.45, 7) is 1.85. The molecule has 0 bridgehead atoms. The molecule has 2 aromatic rings. The first-order chi connectivity index (χ1) is 8.99. The number of benzene rings is 2. The molecule has 19 heavy (non-hydrogen) atoms. The first kappa shape index (κ1) is 14.0. The van der Waals surface area contributed by atoms with Gasteiger partial charge in [0.15, 0.2) is 0 Å². The van der Waals surface area contributed by atoms with Crippen LogP contribution in [0.2, 0.25) is 5.02 Å². The zero-order chi connectivity index (χ0) is 14.0. The van der Waals surface area contributed by atoms with Gasteiger partial charge in [-0.1, -0.05) is 23.7 Å². The van der Waals surface area contributed by atoms with Gasteiger partial charge in [-0.15, -0.1) is 0 Å². The van der Waals surface area contributed by atoms with E-state index in [0.717, 1.165) is 5.56 Å². The molecule has 0 radical (unpaired) electrons. The third-order valence-corrected chi connectivity index (χ3v) is 4.73. The Balaban J connectivity index is 2.34. The molecule has 5 heteroatoms. The van der Waals surface area contributed by atoms with Crippen LogP contribution in [0.3, 0.4) is 0 Å². The normalized spacial score (nSPS) is 12.4. The third kappa shape index (κ3) is 3.14. The second-order valence-corrected chi connectivity index (χ2v) is 6.01. The van der Waals surface area contributed by atoms with Crippen molar-refractivity contribution in [3.05, 3.63) is 58.4 Å². The van der Waals surface area contributed by atoms with Gasteiger partial charge in [-0.05, 0) is 42.3 Å². The van der Waals surface area contributed by atoms with Crippen LogP contribution in [0.4, 0.5) is 10.1 Å². The van der Waals surface area contributed by atoms with E-state index >= 15 is 0 Å². The number of nitrogens with two attached hydrogens (primary N) is 1. The van der Waals surface area contributed by atoms with Crippen LogP contribution in [0.25, 0.3) is 0 Å². The van der Waals surface area contributed by atoms with Crippen molar-refractivity contribution in [3.8, 4) is 0 Å². The summed E-state index contributed by atoms with van der Waals surface area (Å²) in [5.41, 5.74) is 7.76. The molecule has 0 spiro atoms. The Morgan fingerprint density at radius 3 is 2.74 bits per heavy atom. The molecule has 100 valence electrons. The van der Waals surface area contributed by atoms with Crippen LogP contribution in [0, 0.1) is 12.7 Å². The van der Waals surface area contributed by atoms with Crippen LogP contribution >= 0.6 is 11.6 Å². The first-order valence-electron chi connectivity index (χ1n) is 5.66. The van der Waals surface area contributed by atoms with Crippen molar-refractivity contribution >= 4 is 28.1 Å². The van der Waals surface area contributed by atoms with Gasteiger partial charge in [0.25, 0.3) is 0 Å². The van der Waals surface area contributed by atoms with Gasteiger partial charge >= 0.3 is 0 Å². The van der Waals surface area contributed by atoms with Crippen LogP contribution in [0.1, 0.15) is 11.1 Å². The van der Waals surface area contributed by atoms with E-state index < -0.39 is 10.8 Å². The van der Waals surface area contributed by atoms with Crippen molar-refractivity contribution in [3.63, 3.8) is 0 Å². The maximum absolute atomic E-state index is 13.2. The van der Waals surface area contributed by atoms with E-state index in [9.17, 15) is 8.60 Å². The van der Waals surface area contributed by atoms with Gasteiger partial charge in [-0.2, -0.15) is 0 Å². The Labute approximate surface area is 118 Å². The highest BCUT2D eigenvalue weighted by molar-refractivity contribution is 7.84. The minimum absolute atomic E-state index is 0.192. The highest BCUT2D eigenvalue weighted by atomic mass is 35.5. The van der Waals surface area contributed by atoms with Crippen LogP contribution in [-0.2, 0) is 16.6 Å². The fourth-order valence-corrected chi connectivity index (χ4v) is 3.57. The molecular weight excluding hydrogens is 285 g/mol. The average molecular weight is 298 g/mol. The number of hydrogen-bond donors (Lipinski definition) is 1. The van der Waals surface area contributed by atoms with Gasteiger partial charge in [0.2, 0.25) is 0 Å². The number of rotatable bonds is 3. The number of aryl methyl sites for hydroxylation is 1. The second-order valence-electron chi connectivity index (χ2n) is 4.22. The lowest BCUT2D eigenvalue weighted by Gasteiger charge is -2.09. The van der Waals surface area contributed by atoms with E-state index in [1.165, 1.54) is 12.1 Å². The summed E-state index contributed by atoms with van der Waals surface area (Å²) in [4.78, 5) is 0.410. The molecule has 0 saturated carbocycles. The van der Waals surface area contributed by atoms with E-state index in [1.54, 1.807) is 24.3 Å². The maximum Gasteiger partial charge on any atom is 0.123 e. The molecule has 0 heterocycles. The zero-order valence-electron chi connectivity index (χ0n) is 10.3. The van der Waals surface area contributed by atoms with Crippen molar-refractivity contribution in [2.24, 2.45) is 0 Å². The van der Waals surface area contributed by atoms with E-state index in [1.807, 2.05) is 6.92 Å². The minimum atomic E-state index is -1.40. The predicted octanol–water partition coefficient (Wildman–Crippen LogP) is 3.68. The highest BCUT2D eigenvalue weighted by Gasteiger charge is 2.14. The van der Waals surface area contributed by atoms with Gasteiger partial charge in [0.1, 0.15) is 5.82 Å². The Morgan fingerprint density at radius 2 is 2.05 bits per heavy atom. The van der Waals surface area contributed by atoms with Crippen LogP contribution in [0.15, 0.2) is 41.3 Å². The van der Waals surface area contributed by atoms with E-state index in [0.29, 0.717) is 21.2 Å². The average Bonchev–Trinajstić information content (AvgIpc) is 2.33. The standard InChI is InChI=1S/C14H13ClFNOS/c1-9-5-6-11(16)7-10(9)8-19(18)14-12(15)3-2-4-13(14)17/h2-7H,8,17H2,1H3. The molecule has 0 amide bonds. The first-order valence-corrected chi connectivity index (χ1v) is 7.36. The summed E-state index contributed by atoms with van der Waals surface area (Å²) in [6, 6.07) is 9.43. The lowest BCUT2D eigenvalue weighted by molar-refractivity contribution is 0.625. The van der Waals surface area contributed by atoms with Gasteiger partial charge in [-0.3, -0.25) is 4.21 Å². The number of anilines is 1. The second kappa shape index (κ2) is 5.72. The Hall–Kier alpha value is -1.39. The van der Waals surface area contributed by atoms with E-state index in [2.05, 4.69) is 0 Å². The van der Waals surface area contributed by atoms with Crippen molar-refractivity contribution < 1.29 is 8.60 Å². The Kier molecular flexibility index (Phi) is 4.22. The third-order valence-electron chi connectivity index (χ3n) is 2.82. The molecule has 1 atom stereocenters. The SMILES string of the molecule is Cc1ccc(F)cc1CS(=O)c1c(N)cccc1Cl. The molecule has 2 N–H and O–H groups in total. The van der Waals surface area contributed by atoms with Gasteiger partial charge in [-0.25, -0.2) is 4.39 Å². The summed E-state index contributed by atoms with van der Waals surface area (Å²) < 4.78 is 25.6. The minimum Gasteiger partial charge on any atom is -0.398 e. The molecule has 2 aromatic carbocycles. The fraction of sp³-hybridized carbons (Fsp3) is 0.143. The lowest BCUT2D eigenvalue weighted by atomic mass is 10.1. The van der Waals surface area contributed by atoms with Crippen molar-refractivity contribution in [2.75, 3.05) is 5.73 Å². The summed E-state index contributed by atoms with van der Waals surface area (Å²) in [5, 5.41) is 0.368. The van der Waals surface area contributed by atoms with E-state index in [4.69, 9.17) is 17.3 Å². The van der Waals surface area contributed by atoms with Crippen LogP contribution < -0.4 is 5.73 Å². The summed E-state index contributed by atoms with van der Waals surface area (Å²) in [6.07, 6.45) is 0. The fourth-order valence-electron chi connectivity index (χ4n) is 1.77. The number of halogens is 2. The molecule has 0 aliphatic heterocycles. The van der Waals surface area contributed by atoms with Gasteiger partial charge in [0.05, 0.1) is 26.5 Å². The lowest BCUT2D eigenvalue weighted by Crippen LogP contribution is -2.03. The van der Waals surface area contributed by atoms with Gasteiger partial charge < -0.3 is 5.73 Å². The smallest absolute Gasteiger partial charge is 0.123 e. The summed E-state index contributed by atoms with van der Waals surface area (Å²) in [5.74, 6) is -0.151. The number of nitrogen functional groups attached to an aromatic ring is 1. The molecule has 0 aromatic heterocycles. The van der Waals surface area contributed by atoms with Crippen molar-refractivity contribution in [1.29, 1.82) is 0 Å². The maximum atomic E-state index is 13.2. The number of hydrogen-bond acceptors (Lipinski definition) is 2. The molecule has 2 nitrogen and oxygen atoms in total. The molecule has 0 saturated heterocycles. The van der Waals surface area contributed by atoms with Crippen molar-refractivity contribution in [1.82, 2.24) is 0 Å².